The Morgan fingerprint density at radius 2 is 2.07 bits per heavy atom. The van der Waals surface area contributed by atoms with Gasteiger partial charge in [-0.25, -0.2) is 9.50 Å². The minimum absolute atomic E-state index is 0.653. The fourth-order valence-electron chi connectivity index (χ4n) is 0.837. The van der Waals surface area contributed by atoms with Crippen LogP contribution in [-0.4, -0.2) is 19.6 Å². The largest absolute Gasteiger partial charge is 0.252 e. The molecule has 0 spiro atoms. The van der Waals surface area contributed by atoms with Crippen LogP contribution in [0, 0.1) is 12.8 Å². The third-order valence-electron chi connectivity index (χ3n) is 2.04. The van der Waals surface area contributed by atoms with Crippen LogP contribution in [0.4, 0.5) is 0 Å². The minimum atomic E-state index is 0.653. The third-order valence-corrected chi connectivity index (χ3v) is 2.04. The molecule has 4 heteroatoms. The summed E-state index contributed by atoms with van der Waals surface area (Å²) in [6, 6.07) is 1.82. The Morgan fingerprint density at radius 3 is 2.60 bits per heavy atom. The van der Waals surface area contributed by atoms with Gasteiger partial charge in [0.1, 0.15) is 5.82 Å². The molecule has 2 aromatic heterocycles. The van der Waals surface area contributed by atoms with Crippen molar-refractivity contribution in [2.75, 3.05) is 0 Å². The summed E-state index contributed by atoms with van der Waals surface area (Å²) in [4.78, 5) is 8.05. The van der Waals surface area contributed by atoms with Gasteiger partial charge in [-0.3, -0.25) is 0 Å². The zero-order chi connectivity index (χ0) is 11.3. The maximum absolute atomic E-state index is 4.06. The van der Waals surface area contributed by atoms with Crippen molar-refractivity contribution < 1.29 is 0 Å². The van der Waals surface area contributed by atoms with Crippen molar-refractivity contribution in [3.8, 4) is 0 Å². The van der Waals surface area contributed by atoms with Gasteiger partial charge in [-0.2, -0.15) is 10.1 Å². The van der Waals surface area contributed by atoms with E-state index in [0.29, 0.717) is 5.78 Å². The lowest BCUT2D eigenvalue weighted by atomic mass is 10.2. The molecule has 2 rings (SSSR count). The Labute approximate surface area is 90.4 Å². The molecule has 0 N–H and O–H groups in total. The molecule has 0 bridgehead atoms. The summed E-state index contributed by atoms with van der Waals surface area (Å²) >= 11 is 0. The molecule has 2 aromatic rings. The number of hydrogen-bond donors (Lipinski definition) is 0. The van der Waals surface area contributed by atoms with Crippen molar-refractivity contribution in [1.29, 1.82) is 0 Å². The molecule has 0 aliphatic heterocycles. The molecular formula is C11H18N4. The molecule has 82 valence electrons. The van der Waals surface area contributed by atoms with Crippen LogP contribution in [0.1, 0.15) is 33.0 Å². The zero-order valence-corrected chi connectivity index (χ0v) is 9.81. The maximum atomic E-state index is 4.06. The fraction of sp³-hybridized carbons (Fsp3) is 0.545. The first-order chi connectivity index (χ1) is 7.13. The van der Waals surface area contributed by atoms with E-state index in [1.54, 1.807) is 10.7 Å². The SMILES string of the molecule is CCC(C)C.Cc1nc2ncccn2n1. The Balaban J connectivity index is 0.000000195. The molecule has 0 saturated carbocycles. The standard InChI is InChI=1S/C6H6N4.C5H12/c1-5-8-6-7-3-2-4-10(6)9-5;1-4-5(2)3/h2-4H,1H3;5H,4H2,1-3H3. The molecule has 0 radical (unpaired) electrons. The highest BCUT2D eigenvalue weighted by Crippen LogP contribution is 1.94. The van der Waals surface area contributed by atoms with Gasteiger partial charge in [0.2, 0.25) is 0 Å². The summed E-state index contributed by atoms with van der Waals surface area (Å²) in [6.45, 7) is 8.49. The smallest absolute Gasteiger partial charge is 0.220 e. The van der Waals surface area contributed by atoms with E-state index in [2.05, 4.69) is 35.8 Å². The Morgan fingerprint density at radius 1 is 1.40 bits per heavy atom. The van der Waals surface area contributed by atoms with Gasteiger partial charge in [0.15, 0.2) is 0 Å². The number of rotatable bonds is 1. The van der Waals surface area contributed by atoms with Crippen LogP contribution < -0.4 is 0 Å². The molecule has 0 unspecified atom stereocenters. The Hall–Kier alpha value is -1.45. The fourth-order valence-corrected chi connectivity index (χ4v) is 0.837. The second-order valence-electron chi connectivity index (χ2n) is 3.83. The maximum Gasteiger partial charge on any atom is 0.252 e. The number of fused-ring (bicyclic) bond motifs is 1. The second-order valence-corrected chi connectivity index (χ2v) is 3.83. The summed E-state index contributed by atoms with van der Waals surface area (Å²) in [7, 11) is 0. The van der Waals surface area contributed by atoms with E-state index in [1.165, 1.54) is 6.42 Å². The molecule has 4 nitrogen and oxygen atoms in total. The first-order valence-electron chi connectivity index (χ1n) is 5.27. The molecule has 0 fully saturated rings. The quantitative estimate of drug-likeness (QED) is 0.720. The van der Waals surface area contributed by atoms with E-state index >= 15 is 0 Å². The van der Waals surface area contributed by atoms with E-state index in [4.69, 9.17) is 0 Å². The van der Waals surface area contributed by atoms with Crippen molar-refractivity contribution in [3.05, 3.63) is 24.3 Å². The van der Waals surface area contributed by atoms with Crippen molar-refractivity contribution in [1.82, 2.24) is 19.6 Å². The molecule has 0 atom stereocenters. The van der Waals surface area contributed by atoms with Crippen molar-refractivity contribution in [2.45, 2.75) is 34.1 Å². The average Bonchev–Trinajstić information content (AvgIpc) is 2.58. The van der Waals surface area contributed by atoms with E-state index in [9.17, 15) is 0 Å². The van der Waals surface area contributed by atoms with Gasteiger partial charge in [-0.05, 0) is 18.9 Å². The summed E-state index contributed by atoms with van der Waals surface area (Å²) in [5.41, 5.74) is 0. The first-order valence-corrected chi connectivity index (χ1v) is 5.27. The summed E-state index contributed by atoms with van der Waals surface area (Å²) in [6.07, 6.45) is 4.83. The van der Waals surface area contributed by atoms with Gasteiger partial charge in [0.25, 0.3) is 5.78 Å². The lowest BCUT2D eigenvalue weighted by molar-refractivity contribution is 0.626. The molecule has 0 aliphatic rings. The van der Waals surface area contributed by atoms with E-state index in [-0.39, 0.29) is 0 Å². The van der Waals surface area contributed by atoms with Crippen LogP contribution in [0.15, 0.2) is 18.5 Å². The number of nitrogens with zero attached hydrogens (tertiary/aromatic N) is 4. The predicted molar refractivity (Wildman–Crippen MR) is 60.6 cm³/mol. The average molecular weight is 206 g/mol. The van der Waals surface area contributed by atoms with Gasteiger partial charge in [0, 0.05) is 12.4 Å². The third kappa shape index (κ3) is 3.65. The lowest BCUT2D eigenvalue weighted by Gasteiger charge is -1.90. The molecule has 0 aromatic carbocycles. The monoisotopic (exact) mass is 206 g/mol. The molecule has 0 amide bonds. The van der Waals surface area contributed by atoms with Gasteiger partial charge < -0.3 is 0 Å². The van der Waals surface area contributed by atoms with Gasteiger partial charge in [-0.1, -0.05) is 27.2 Å². The van der Waals surface area contributed by atoms with Crippen molar-refractivity contribution >= 4 is 5.78 Å². The number of aromatic nitrogens is 4. The highest BCUT2D eigenvalue weighted by atomic mass is 15.3. The van der Waals surface area contributed by atoms with Crippen LogP contribution in [-0.2, 0) is 0 Å². The van der Waals surface area contributed by atoms with Crippen LogP contribution in [0.5, 0.6) is 0 Å². The van der Waals surface area contributed by atoms with Gasteiger partial charge in [0.05, 0.1) is 0 Å². The highest BCUT2D eigenvalue weighted by Gasteiger charge is 1.95. The van der Waals surface area contributed by atoms with E-state index in [0.717, 1.165) is 11.7 Å². The zero-order valence-electron chi connectivity index (χ0n) is 9.81. The van der Waals surface area contributed by atoms with Crippen LogP contribution >= 0.6 is 0 Å². The van der Waals surface area contributed by atoms with Crippen molar-refractivity contribution in [3.63, 3.8) is 0 Å². The van der Waals surface area contributed by atoms with Gasteiger partial charge in [-0.15, -0.1) is 0 Å². The molecule has 2 heterocycles. The van der Waals surface area contributed by atoms with Crippen molar-refractivity contribution in [2.24, 2.45) is 5.92 Å². The van der Waals surface area contributed by atoms with E-state index < -0.39 is 0 Å². The van der Waals surface area contributed by atoms with Crippen LogP contribution in [0.25, 0.3) is 5.78 Å². The number of aryl methyl sites for hydroxylation is 1. The van der Waals surface area contributed by atoms with Gasteiger partial charge >= 0.3 is 0 Å². The molecule has 0 aliphatic carbocycles. The topological polar surface area (TPSA) is 43.1 Å². The summed E-state index contributed by atoms with van der Waals surface area (Å²) in [5, 5.41) is 4.06. The summed E-state index contributed by atoms with van der Waals surface area (Å²) in [5.74, 6) is 2.29. The van der Waals surface area contributed by atoms with Crippen LogP contribution in [0.2, 0.25) is 0 Å². The minimum Gasteiger partial charge on any atom is -0.220 e. The molecular weight excluding hydrogens is 188 g/mol. The predicted octanol–water partition coefficient (Wildman–Crippen LogP) is 2.49. The second kappa shape index (κ2) is 5.44. The summed E-state index contributed by atoms with van der Waals surface area (Å²) < 4.78 is 1.65. The molecule has 0 saturated heterocycles. The highest BCUT2D eigenvalue weighted by molar-refractivity contribution is 5.24. The van der Waals surface area contributed by atoms with E-state index in [1.807, 2.05) is 19.2 Å². The lowest BCUT2D eigenvalue weighted by Crippen LogP contribution is -1.86. The molecule has 15 heavy (non-hydrogen) atoms. The first kappa shape index (κ1) is 11.6. The Bertz CT molecular complexity index is 373. The Kier molecular flexibility index (Phi) is 4.21. The normalized spacial score (nSPS) is 10.2. The number of hydrogen-bond acceptors (Lipinski definition) is 3. The van der Waals surface area contributed by atoms with Crippen LogP contribution in [0.3, 0.4) is 0 Å².